The van der Waals surface area contributed by atoms with E-state index < -0.39 is 10.0 Å². The van der Waals surface area contributed by atoms with Crippen molar-refractivity contribution in [2.24, 2.45) is 5.92 Å². The molecule has 0 aromatic heterocycles. The maximum atomic E-state index is 12.9. The highest BCUT2D eigenvalue weighted by molar-refractivity contribution is 7.89. The minimum atomic E-state index is -3.56. The maximum Gasteiger partial charge on any atom is 0.243 e. The van der Waals surface area contributed by atoms with Crippen LogP contribution < -0.4 is 10.1 Å². The van der Waals surface area contributed by atoms with E-state index >= 15 is 0 Å². The molecule has 1 aliphatic rings. The number of piperidine rings is 1. The molecule has 0 spiro atoms. The van der Waals surface area contributed by atoms with Crippen LogP contribution in [0.25, 0.3) is 0 Å². The third-order valence-electron chi connectivity index (χ3n) is 5.91. The number of hydrogen-bond acceptors (Lipinski definition) is 4. The van der Waals surface area contributed by atoms with Crippen molar-refractivity contribution < 1.29 is 17.9 Å². The number of aryl methyl sites for hydroxylation is 2. The van der Waals surface area contributed by atoms with Crippen molar-refractivity contribution >= 4 is 15.9 Å². The summed E-state index contributed by atoms with van der Waals surface area (Å²) in [6.45, 7) is 6.78. The molecule has 3 rings (SSSR count). The van der Waals surface area contributed by atoms with Crippen LogP contribution in [-0.4, -0.2) is 38.8 Å². The van der Waals surface area contributed by atoms with E-state index in [1.165, 1.54) is 15.4 Å². The number of carbonyl (C=O) groups is 1. The molecule has 1 N–H and O–H groups in total. The Balaban J connectivity index is 1.58. The predicted molar refractivity (Wildman–Crippen MR) is 117 cm³/mol. The summed E-state index contributed by atoms with van der Waals surface area (Å²) >= 11 is 0. The predicted octanol–water partition coefficient (Wildman–Crippen LogP) is 3.59. The Bertz CT molecular complexity index is 994. The Morgan fingerprint density at radius 3 is 2.27 bits per heavy atom. The van der Waals surface area contributed by atoms with Crippen LogP contribution >= 0.6 is 0 Å². The molecule has 1 unspecified atom stereocenters. The van der Waals surface area contributed by atoms with Crippen molar-refractivity contribution in [3.05, 3.63) is 59.2 Å². The van der Waals surface area contributed by atoms with Gasteiger partial charge in [-0.2, -0.15) is 4.31 Å². The molecule has 7 heteroatoms. The average Bonchev–Trinajstić information content (AvgIpc) is 2.75. The number of nitrogens with zero attached hydrogens (tertiary/aromatic N) is 1. The largest absolute Gasteiger partial charge is 0.497 e. The lowest BCUT2D eigenvalue weighted by Gasteiger charge is -2.31. The second-order valence-corrected chi connectivity index (χ2v) is 9.87. The Kier molecular flexibility index (Phi) is 6.83. The molecule has 30 heavy (non-hydrogen) atoms. The van der Waals surface area contributed by atoms with Gasteiger partial charge in [-0.25, -0.2) is 8.42 Å². The summed E-state index contributed by atoms with van der Waals surface area (Å²) in [4.78, 5) is 13.0. The molecule has 1 heterocycles. The SMILES string of the molecule is COc1ccc(S(=O)(=O)N2CCC(C(=O)NC(C)c3ccc(C)c(C)c3)CC2)cc1. The van der Waals surface area contributed by atoms with Crippen molar-refractivity contribution in [2.75, 3.05) is 20.2 Å². The summed E-state index contributed by atoms with van der Waals surface area (Å²) < 4.78 is 32.3. The normalized spacial score (nSPS) is 16.8. The number of amides is 1. The van der Waals surface area contributed by atoms with Gasteiger partial charge in [-0.1, -0.05) is 18.2 Å². The van der Waals surface area contributed by atoms with E-state index in [4.69, 9.17) is 4.74 Å². The lowest BCUT2D eigenvalue weighted by molar-refractivity contribution is -0.126. The first-order chi connectivity index (χ1) is 14.2. The van der Waals surface area contributed by atoms with E-state index in [1.807, 2.05) is 13.0 Å². The number of nitrogens with one attached hydrogen (secondary N) is 1. The molecule has 1 amide bonds. The van der Waals surface area contributed by atoms with Gasteiger partial charge in [-0.05, 0) is 74.6 Å². The minimum Gasteiger partial charge on any atom is -0.497 e. The van der Waals surface area contributed by atoms with E-state index in [0.29, 0.717) is 31.7 Å². The lowest BCUT2D eigenvalue weighted by Crippen LogP contribution is -2.43. The monoisotopic (exact) mass is 430 g/mol. The summed E-state index contributed by atoms with van der Waals surface area (Å²) in [5.41, 5.74) is 3.50. The number of ether oxygens (including phenoxy) is 1. The van der Waals surface area contributed by atoms with Gasteiger partial charge in [0.15, 0.2) is 0 Å². The van der Waals surface area contributed by atoms with E-state index in [0.717, 1.165) is 5.56 Å². The molecule has 6 nitrogen and oxygen atoms in total. The lowest BCUT2D eigenvalue weighted by atomic mass is 9.96. The summed E-state index contributed by atoms with van der Waals surface area (Å²) in [7, 11) is -2.02. The minimum absolute atomic E-state index is 0.0118. The van der Waals surface area contributed by atoms with E-state index in [1.54, 1.807) is 31.4 Å². The first kappa shape index (κ1) is 22.3. The Hall–Kier alpha value is -2.38. The van der Waals surface area contributed by atoms with Gasteiger partial charge < -0.3 is 10.1 Å². The van der Waals surface area contributed by atoms with Crippen LogP contribution in [0, 0.1) is 19.8 Å². The summed E-state index contributed by atoms with van der Waals surface area (Å²) in [5, 5.41) is 3.09. The number of hydrogen-bond donors (Lipinski definition) is 1. The molecule has 0 radical (unpaired) electrons. The molecular weight excluding hydrogens is 400 g/mol. The highest BCUT2D eigenvalue weighted by atomic mass is 32.2. The van der Waals surface area contributed by atoms with Crippen LogP contribution in [0.5, 0.6) is 5.75 Å². The fraction of sp³-hybridized carbons (Fsp3) is 0.435. The maximum absolute atomic E-state index is 12.9. The Morgan fingerprint density at radius 1 is 1.07 bits per heavy atom. The van der Waals surface area contributed by atoms with E-state index in [9.17, 15) is 13.2 Å². The zero-order chi connectivity index (χ0) is 21.9. The van der Waals surface area contributed by atoms with Gasteiger partial charge in [0.1, 0.15) is 5.75 Å². The quantitative estimate of drug-likeness (QED) is 0.760. The molecule has 0 saturated carbocycles. The summed E-state index contributed by atoms with van der Waals surface area (Å²) in [6, 6.07) is 12.5. The van der Waals surface area contributed by atoms with Gasteiger partial charge in [0.2, 0.25) is 15.9 Å². The van der Waals surface area contributed by atoms with Crippen molar-refractivity contribution in [1.82, 2.24) is 9.62 Å². The third kappa shape index (κ3) is 4.84. The molecule has 1 saturated heterocycles. The van der Waals surface area contributed by atoms with Crippen LogP contribution in [0.4, 0.5) is 0 Å². The Labute approximate surface area is 179 Å². The fourth-order valence-electron chi connectivity index (χ4n) is 3.70. The third-order valence-corrected chi connectivity index (χ3v) is 7.82. The van der Waals surface area contributed by atoms with Gasteiger partial charge in [0, 0.05) is 19.0 Å². The Morgan fingerprint density at radius 2 is 1.70 bits per heavy atom. The smallest absolute Gasteiger partial charge is 0.243 e. The summed E-state index contributed by atoms with van der Waals surface area (Å²) in [5.74, 6) is 0.422. The standard InChI is InChI=1S/C23H30N2O4S/c1-16-5-6-20(15-17(16)2)18(3)24-23(26)19-11-13-25(14-12-19)30(27,28)22-9-7-21(29-4)8-10-22/h5-10,15,18-19H,11-14H2,1-4H3,(H,24,26). The molecule has 162 valence electrons. The van der Waals surface area contributed by atoms with Crippen molar-refractivity contribution in [2.45, 2.75) is 44.6 Å². The van der Waals surface area contributed by atoms with Crippen molar-refractivity contribution in [3.8, 4) is 5.75 Å². The van der Waals surface area contributed by atoms with Crippen LogP contribution in [0.1, 0.15) is 42.5 Å². The number of methoxy groups -OCH3 is 1. The second-order valence-electron chi connectivity index (χ2n) is 7.93. The van der Waals surface area contributed by atoms with Crippen molar-refractivity contribution in [3.63, 3.8) is 0 Å². The topological polar surface area (TPSA) is 75.7 Å². The molecular formula is C23H30N2O4S. The molecule has 1 aliphatic heterocycles. The number of sulfonamides is 1. The molecule has 2 aromatic carbocycles. The van der Waals surface area contributed by atoms with E-state index in [-0.39, 0.29) is 22.8 Å². The highest BCUT2D eigenvalue weighted by Gasteiger charge is 2.32. The average molecular weight is 431 g/mol. The van der Waals surface area contributed by atoms with Crippen LogP contribution in [0.3, 0.4) is 0 Å². The van der Waals surface area contributed by atoms with Gasteiger partial charge in [-0.15, -0.1) is 0 Å². The van der Waals surface area contributed by atoms with Gasteiger partial charge in [0.05, 0.1) is 18.0 Å². The number of carbonyl (C=O) groups excluding carboxylic acids is 1. The van der Waals surface area contributed by atoms with Crippen LogP contribution in [0.2, 0.25) is 0 Å². The van der Waals surface area contributed by atoms with Gasteiger partial charge in [-0.3, -0.25) is 4.79 Å². The highest BCUT2D eigenvalue weighted by Crippen LogP contribution is 2.26. The first-order valence-corrected chi connectivity index (χ1v) is 11.7. The molecule has 0 bridgehead atoms. The fourth-order valence-corrected chi connectivity index (χ4v) is 5.17. The number of benzene rings is 2. The van der Waals surface area contributed by atoms with E-state index in [2.05, 4.69) is 31.3 Å². The molecule has 1 fully saturated rings. The molecule has 1 atom stereocenters. The number of rotatable bonds is 6. The first-order valence-electron chi connectivity index (χ1n) is 10.2. The second kappa shape index (κ2) is 9.18. The van der Waals surface area contributed by atoms with Crippen LogP contribution in [0.15, 0.2) is 47.4 Å². The molecule has 2 aromatic rings. The van der Waals surface area contributed by atoms with Gasteiger partial charge in [0.25, 0.3) is 0 Å². The summed E-state index contributed by atoms with van der Waals surface area (Å²) in [6.07, 6.45) is 1.03. The van der Waals surface area contributed by atoms with Crippen LogP contribution in [-0.2, 0) is 14.8 Å². The van der Waals surface area contributed by atoms with Gasteiger partial charge >= 0.3 is 0 Å². The zero-order valence-electron chi connectivity index (χ0n) is 18.0. The van der Waals surface area contributed by atoms with Crippen molar-refractivity contribution in [1.29, 1.82) is 0 Å². The molecule has 0 aliphatic carbocycles. The zero-order valence-corrected chi connectivity index (χ0v) is 18.8.